The highest BCUT2D eigenvalue weighted by Crippen LogP contribution is 2.25. The lowest BCUT2D eigenvalue weighted by Gasteiger charge is -2.00. The van der Waals surface area contributed by atoms with Gasteiger partial charge in [0.25, 0.3) is 0 Å². The van der Waals surface area contributed by atoms with E-state index in [0.717, 1.165) is 16.5 Å². The van der Waals surface area contributed by atoms with Crippen LogP contribution in [-0.4, -0.2) is 19.7 Å². The molecule has 0 atom stereocenters. The van der Waals surface area contributed by atoms with Crippen LogP contribution in [0.3, 0.4) is 0 Å². The van der Waals surface area contributed by atoms with E-state index in [0.29, 0.717) is 6.61 Å². The Hall–Kier alpha value is -1.97. The first-order valence-corrected chi connectivity index (χ1v) is 4.98. The van der Waals surface area contributed by atoms with Gasteiger partial charge in [-0.1, -0.05) is 0 Å². The van der Waals surface area contributed by atoms with Gasteiger partial charge in [0.05, 0.1) is 20.0 Å². The predicted molar refractivity (Wildman–Crippen MR) is 58.7 cm³/mol. The van der Waals surface area contributed by atoms with E-state index in [4.69, 9.17) is 13.9 Å². The van der Waals surface area contributed by atoms with Crippen molar-refractivity contribution in [1.29, 1.82) is 0 Å². The Bertz CT molecular complexity index is 513. The molecule has 1 heterocycles. The lowest BCUT2D eigenvalue weighted by molar-refractivity contribution is 0.0493. The highest BCUT2D eigenvalue weighted by Gasteiger charge is 2.15. The summed E-state index contributed by atoms with van der Waals surface area (Å²) in [7, 11) is 1.59. The highest BCUT2D eigenvalue weighted by atomic mass is 16.5. The number of ether oxygens (including phenoxy) is 2. The maximum absolute atomic E-state index is 11.5. The van der Waals surface area contributed by atoms with Crippen molar-refractivity contribution in [3.63, 3.8) is 0 Å². The smallest absolute Gasteiger partial charge is 0.374 e. The van der Waals surface area contributed by atoms with Gasteiger partial charge in [0.2, 0.25) is 5.76 Å². The zero-order chi connectivity index (χ0) is 11.5. The number of carbonyl (C=O) groups is 1. The van der Waals surface area contributed by atoms with Crippen molar-refractivity contribution >= 4 is 16.7 Å². The maximum Gasteiger partial charge on any atom is 0.374 e. The number of methoxy groups -OCH3 is 1. The maximum atomic E-state index is 11.5. The van der Waals surface area contributed by atoms with Crippen LogP contribution >= 0.6 is 0 Å². The molecule has 0 aliphatic heterocycles. The lowest BCUT2D eigenvalue weighted by Crippen LogP contribution is -2.03. The molecule has 0 saturated carbocycles. The second-order valence-corrected chi connectivity index (χ2v) is 3.24. The van der Waals surface area contributed by atoms with Gasteiger partial charge in [-0.25, -0.2) is 4.79 Å². The summed E-state index contributed by atoms with van der Waals surface area (Å²) in [5.74, 6) is 0.519. The van der Waals surface area contributed by atoms with E-state index in [-0.39, 0.29) is 5.76 Å². The average molecular weight is 220 g/mol. The summed E-state index contributed by atoms with van der Waals surface area (Å²) in [5, 5.41) is 1.56. The molecule has 4 heteroatoms. The van der Waals surface area contributed by atoms with Crippen LogP contribution in [0.5, 0.6) is 5.75 Å². The molecule has 4 nitrogen and oxygen atoms in total. The van der Waals surface area contributed by atoms with Gasteiger partial charge in [-0.15, -0.1) is 0 Å². The molecule has 0 aliphatic carbocycles. The van der Waals surface area contributed by atoms with Gasteiger partial charge in [-0.05, 0) is 25.1 Å². The summed E-state index contributed by atoms with van der Waals surface area (Å²) in [6, 6.07) is 5.37. The van der Waals surface area contributed by atoms with Crippen LogP contribution in [0.25, 0.3) is 10.8 Å². The molecule has 0 saturated heterocycles. The van der Waals surface area contributed by atoms with E-state index in [9.17, 15) is 4.79 Å². The molecule has 1 aromatic carbocycles. The van der Waals surface area contributed by atoms with E-state index >= 15 is 0 Å². The Morgan fingerprint density at radius 3 is 2.94 bits per heavy atom. The number of hydrogen-bond acceptors (Lipinski definition) is 4. The minimum Gasteiger partial charge on any atom is -0.497 e. The molecule has 0 aliphatic rings. The van der Waals surface area contributed by atoms with Gasteiger partial charge in [0, 0.05) is 10.8 Å². The SMILES string of the molecule is CCOC(=O)c1occ2cc(OC)ccc12. The Morgan fingerprint density at radius 2 is 2.25 bits per heavy atom. The summed E-state index contributed by atoms with van der Waals surface area (Å²) in [6.07, 6.45) is 1.52. The third-order valence-electron chi connectivity index (χ3n) is 2.27. The predicted octanol–water partition coefficient (Wildman–Crippen LogP) is 2.62. The fraction of sp³-hybridized carbons (Fsp3) is 0.250. The molecule has 0 spiro atoms. The Kier molecular flexibility index (Phi) is 2.81. The van der Waals surface area contributed by atoms with Crippen molar-refractivity contribution in [3.8, 4) is 5.75 Å². The molecule has 0 fully saturated rings. The first kappa shape index (κ1) is 10.5. The van der Waals surface area contributed by atoms with Gasteiger partial charge in [0.1, 0.15) is 5.75 Å². The fourth-order valence-electron chi connectivity index (χ4n) is 1.51. The number of carbonyl (C=O) groups excluding carboxylic acids is 1. The quantitative estimate of drug-likeness (QED) is 0.746. The van der Waals surface area contributed by atoms with Crippen molar-refractivity contribution in [3.05, 3.63) is 30.2 Å². The molecule has 0 N–H and O–H groups in total. The van der Waals surface area contributed by atoms with E-state index in [2.05, 4.69) is 0 Å². The summed E-state index contributed by atoms with van der Waals surface area (Å²) < 4.78 is 15.2. The van der Waals surface area contributed by atoms with E-state index in [1.807, 2.05) is 6.07 Å². The first-order chi connectivity index (χ1) is 7.76. The number of rotatable bonds is 3. The third kappa shape index (κ3) is 1.74. The van der Waals surface area contributed by atoms with Crippen LogP contribution in [0, 0.1) is 0 Å². The van der Waals surface area contributed by atoms with Crippen LogP contribution in [0.1, 0.15) is 17.5 Å². The van der Waals surface area contributed by atoms with Gasteiger partial charge in [-0.3, -0.25) is 0 Å². The summed E-state index contributed by atoms with van der Waals surface area (Å²) in [5.41, 5.74) is 0. The van der Waals surface area contributed by atoms with Crippen molar-refractivity contribution in [2.45, 2.75) is 6.92 Å². The van der Waals surface area contributed by atoms with Crippen LogP contribution in [0.15, 0.2) is 28.9 Å². The zero-order valence-electron chi connectivity index (χ0n) is 9.15. The van der Waals surface area contributed by atoms with E-state index < -0.39 is 5.97 Å². The Labute approximate surface area is 92.8 Å². The third-order valence-corrected chi connectivity index (χ3v) is 2.27. The highest BCUT2D eigenvalue weighted by molar-refractivity contribution is 6.02. The summed E-state index contributed by atoms with van der Waals surface area (Å²) in [6.45, 7) is 2.09. The molecule has 2 rings (SSSR count). The standard InChI is InChI=1S/C12H12O4/c1-3-15-12(13)11-10-5-4-9(14-2)6-8(10)7-16-11/h4-7H,3H2,1-2H3. The molecule has 2 aromatic rings. The molecule has 0 unspecified atom stereocenters. The fourth-order valence-corrected chi connectivity index (χ4v) is 1.51. The molecule has 0 bridgehead atoms. The van der Waals surface area contributed by atoms with Gasteiger partial charge < -0.3 is 13.9 Å². The summed E-state index contributed by atoms with van der Waals surface area (Å²) in [4.78, 5) is 11.5. The van der Waals surface area contributed by atoms with Gasteiger partial charge >= 0.3 is 5.97 Å². The van der Waals surface area contributed by atoms with E-state index in [1.54, 1.807) is 26.2 Å². The Balaban J connectivity index is 2.45. The molecule has 1 aromatic heterocycles. The van der Waals surface area contributed by atoms with Crippen molar-refractivity contribution in [1.82, 2.24) is 0 Å². The molecular formula is C12H12O4. The van der Waals surface area contributed by atoms with Gasteiger partial charge in [0.15, 0.2) is 0 Å². The molecule has 16 heavy (non-hydrogen) atoms. The number of benzene rings is 1. The lowest BCUT2D eigenvalue weighted by atomic mass is 10.2. The minimum atomic E-state index is -0.442. The molecule has 0 radical (unpaired) electrons. The number of hydrogen-bond donors (Lipinski definition) is 0. The second-order valence-electron chi connectivity index (χ2n) is 3.24. The van der Waals surface area contributed by atoms with Crippen LogP contribution in [-0.2, 0) is 4.74 Å². The number of esters is 1. The van der Waals surface area contributed by atoms with Crippen LogP contribution < -0.4 is 4.74 Å². The monoisotopic (exact) mass is 220 g/mol. The topological polar surface area (TPSA) is 48.7 Å². The molecule has 0 amide bonds. The second kappa shape index (κ2) is 4.26. The largest absolute Gasteiger partial charge is 0.497 e. The Morgan fingerprint density at radius 1 is 1.44 bits per heavy atom. The zero-order valence-corrected chi connectivity index (χ0v) is 9.15. The van der Waals surface area contributed by atoms with Crippen molar-refractivity contribution in [2.75, 3.05) is 13.7 Å². The van der Waals surface area contributed by atoms with E-state index in [1.165, 1.54) is 6.26 Å². The summed E-state index contributed by atoms with van der Waals surface area (Å²) >= 11 is 0. The van der Waals surface area contributed by atoms with Gasteiger partial charge in [-0.2, -0.15) is 0 Å². The normalized spacial score (nSPS) is 10.4. The average Bonchev–Trinajstić information content (AvgIpc) is 2.71. The van der Waals surface area contributed by atoms with Crippen molar-refractivity contribution < 1.29 is 18.7 Å². The van der Waals surface area contributed by atoms with Crippen LogP contribution in [0.2, 0.25) is 0 Å². The minimum absolute atomic E-state index is 0.236. The number of furan rings is 1. The molecule has 84 valence electrons. The van der Waals surface area contributed by atoms with Crippen LogP contribution in [0.4, 0.5) is 0 Å². The first-order valence-electron chi connectivity index (χ1n) is 4.98. The number of fused-ring (bicyclic) bond motifs is 1. The molecular weight excluding hydrogens is 208 g/mol. The van der Waals surface area contributed by atoms with Crippen molar-refractivity contribution in [2.24, 2.45) is 0 Å².